The smallest absolute Gasteiger partial charge is 0.349 e. The zero-order chi connectivity index (χ0) is 21.7. The third-order valence-corrected chi connectivity index (χ3v) is 4.33. The highest BCUT2D eigenvalue weighted by Crippen LogP contribution is 2.23. The average Bonchev–Trinajstić information content (AvgIpc) is 2.71. The molecule has 0 saturated heterocycles. The molecule has 7 heteroatoms. The van der Waals surface area contributed by atoms with Gasteiger partial charge in [-0.05, 0) is 43.2 Å². The molecule has 3 aromatic rings. The van der Waals surface area contributed by atoms with Gasteiger partial charge in [0.1, 0.15) is 22.6 Å². The summed E-state index contributed by atoms with van der Waals surface area (Å²) < 4.78 is 16.1. The van der Waals surface area contributed by atoms with Crippen LogP contribution in [-0.2, 0) is 4.79 Å². The van der Waals surface area contributed by atoms with Crippen LogP contribution in [0.1, 0.15) is 21.5 Å². The number of fused-ring (bicyclic) bond motifs is 1. The number of hydrogen-bond acceptors (Lipinski definition) is 6. The van der Waals surface area contributed by atoms with E-state index in [1.165, 1.54) is 18.2 Å². The second-order valence-electron chi connectivity index (χ2n) is 6.63. The number of para-hydroxylation sites is 1. The molecule has 0 saturated carbocycles. The van der Waals surface area contributed by atoms with E-state index in [1.807, 2.05) is 32.0 Å². The van der Waals surface area contributed by atoms with Crippen molar-refractivity contribution >= 4 is 22.8 Å². The predicted molar refractivity (Wildman–Crippen MR) is 112 cm³/mol. The van der Waals surface area contributed by atoms with Gasteiger partial charge in [0.15, 0.2) is 6.61 Å². The zero-order valence-corrected chi connectivity index (χ0v) is 16.7. The number of carbonyl (C=O) groups excluding carboxylic acids is 2. The van der Waals surface area contributed by atoms with Gasteiger partial charge < -0.3 is 19.2 Å². The number of aryl methyl sites for hydroxylation is 2. The third-order valence-electron chi connectivity index (χ3n) is 4.33. The minimum Gasteiger partial charge on any atom is -0.481 e. The molecule has 30 heavy (non-hydrogen) atoms. The topological polar surface area (TPSA) is 94.8 Å². The monoisotopic (exact) mass is 407 g/mol. The van der Waals surface area contributed by atoms with Crippen LogP contribution in [0.3, 0.4) is 0 Å². The molecule has 1 amide bonds. The summed E-state index contributed by atoms with van der Waals surface area (Å²) in [5.74, 6) is -0.310. The van der Waals surface area contributed by atoms with E-state index in [-0.39, 0.29) is 30.0 Å². The summed E-state index contributed by atoms with van der Waals surface area (Å²) in [6.07, 6.45) is 1.51. The van der Waals surface area contributed by atoms with Crippen molar-refractivity contribution in [3.05, 3.63) is 82.2 Å². The van der Waals surface area contributed by atoms with E-state index in [0.717, 1.165) is 11.1 Å². The van der Waals surface area contributed by atoms with Crippen molar-refractivity contribution in [2.45, 2.75) is 13.8 Å². The molecule has 0 bridgehead atoms. The molecular weight excluding hydrogens is 386 g/mol. The molecule has 0 spiro atoms. The summed E-state index contributed by atoms with van der Waals surface area (Å²) in [6.45, 7) is 7.26. The van der Waals surface area contributed by atoms with Crippen LogP contribution in [-0.4, -0.2) is 25.0 Å². The molecule has 1 N–H and O–H groups in total. The zero-order valence-electron chi connectivity index (χ0n) is 16.7. The van der Waals surface area contributed by atoms with Gasteiger partial charge in [-0.1, -0.05) is 24.3 Å². The highest BCUT2D eigenvalue weighted by atomic mass is 16.6. The van der Waals surface area contributed by atoms with Gasteiger partial charge >= 0.3 is 11.6 Å². The van der Waals surface area contributed by atoms with E-state index in [0.29, 0.717) is 11.1 Å². The van der Waals surface area contributed by atoms with Gasteiger partial charge in [-0.2, -0.15) is 0 Å². The summed E-state index contributed by atoms with van der Waals surface area (Å²) in [7, 11) is 0. The van der Waals surface area contributed by atoms with E-state index in [9.17, 15) is 14.4 Å². The maximum Gasteiger partial charge on any atom is 0.349 e. The molecule has 3 rings (SSSR count). The van der Waals surface area contributed by atoms with E-state index in [1.54, 1.807) is 12.1 Å². The molecule has 0 aliphatic carbocycles. The van der Waals surface area contributed by atoms with Crippen molar-refractivity contribution in [3.8, 4) is 11.5 Å². The number of hydrogen-bond donors (Lipinski definition) is 1. The highest BCUT2D eigenvalue weighted by molar-refractivity contribution is 5.96. The van der Waals surface area contributed by atoms with Crippen LogP contribution in [0, 0.1) is 13.8 Å². The number of carbonyl (C=O) groups is 2. The lowest BCUT2D eigenvalue weighted by Gasteiger charge is -2.11. The Bertz CT molecular complexity index is 1160. The molecule has 0 aliphatic rings. The lowest BCUT2D eigenvalue weighted by molar-refractivity contribution is -0.136. The fourth-order valence-electron chi connectivity index (χ4n) is 2.89. The number of benzene rings is 2. The highest BCUT2D eigenvalue weighted by Gasteiger charge is 2.14. The molecular formula is C23H21NO6. The molecule has 1 heterocycles. The molecule has 2 aromatic carbocycles. The average molecular weight is 407 g/mol. The van der Waals surface area contributed by atoms with Gasteiger partial charge in [0.25, 0.3) is 5.91 Å². The Balaban J connectivity index is 1.72. The van der Waals surface area contributed by atoms with Crippen molar-refractivity contribution < 1.29 is 23.5 Å². The minimum atomic E-state index is -0.786. The number of amides is 1. The van der Waals surface area contributed by atoms with Crippen LogP contribution < -0.4 is 20.4 Å². The minimum absolute atomic E-state index is 0.115. The van der Waals surface area contributed by atoms with Crippen LogP contribution in [0.15, 0.2) is 64.3 Å². The lowest BCUT2D eigenvalue weighted by Crippen LogP contribution is -2.28. The van der Waals surface area contributed by atoms with Crippen LogP contribution >= 0.6 is 0 Å². The second-order valence-corrected chi connectivity index (χ2v) is 6.63. The molecule has 0 radical (unpaired) electrons. The van der Waals surface area contributed by atoms with Gasteiger partial charge in [-0.25, -0.2) is 9.59 Å². The number of nitrogens with one attached hydrogen (secondary N) is 1. The molecule has 1 aromatic heterocycles. The number of rotatable bonds is 7. The Labute approximate surface area is 172 Å². The van der Waals surface area contributed by atoms with Crippen molar-refractivity contribution in [1.29, 1.82) is 0 Å². The lowest BCUT2D eigenvalue weighted by atomic mass is 10.1. The van der Waals surface area contributed by atoms with Crippen LogP contribution in [0.2, 0.25) is 0 Å². The van der Waals surface area contributed by atoms with Gasteiger partial charge in [0, 0.05) is 18.0 Å². The van der Waals surface area contributed by atoms with Crippen molar-refractivity contribution in [3.63, 3.8) is 0 Å². The second kappa shape index (κ2) is 9.09. The Morgan fingerprint density at radius 1 is 1.13 bits per heavy atom. The van der Waals surface area contributed by atoms with Crippen molar-refractivity contribution in [1.82, 2.24) is 5.32 Å². The predicted octanol–water partition coefficient (Wildman–Crippen LogP) is 3.31. The first-order chi connectivity index (χ1) is 14.4. The Hall–Kier alpha value is -3.87. The van der Waals surface area contributed by atoms with Gasteiger partial charge in [-0.3, -0.25) is 4.79 Å². The van der Waals surface area contributed by atoms with Gasteiger partial charge in [0.05, 0.1) is 0 Å². The first-order valence-electron chi connectivity index (χ1n) is 9.25. The molecule has 0 fully saturated rings. The molecule has 0 atom stereocenters. The summed E-state index contributed by atoms with van der Waals surface area (Å²) >= 11 is 0. The van der Waals surface area contributed by atoms with Gasteiger partial charge in [-0.15, -0.1) is 6.58 Å². The first kappa shape index (κ1) is 20.9. The Morgan fingerprint density at radius 3 is 2.57 bits per heavy atom. The van der Waals surface area contributed by atoms with Crippen molar-refractivity contribution in [2.24, 2.45) is 0 Å². The maximum atomic E-state index is 12.2. The van der Waals surface area contributed by atoms with Crippen LogP contribution in [0.4, 0.5) is 0 Å². The molecule has 7 nitrogen and oxygen atoms in total. The first-order valence-corrected chi connectivity index (χ1v) is 9.25. The van der Waals surface area contributed by atoms with E-state index in [2.05, 4.69) is 11.9 Å². The van der Waals surface area contributed by atoms with E-state index < -0.39 is 17.5 Å². The summed E-state index contributed by atoms with van der Waals surface area (Å²) in [5, 5.41) is 3.05. The number of ether oxygens (including phenoxy) is 2. The Kier molecular flexibility index (Phi) is 6.32. The standard InChI is InChI=1S/C23H21NO6/c1-4-10-24-22(26)18-11-16-8-9-17(12-19(16)30-23(18)27)29-20(25)13-28-21-14(2)6-5-7-15(21)3/h4-9,11-12H,1,10,13H2,2-3H3,(H,24,26). The van der Waals surface area contributed by atoms with E-state index in [4.69, 9.17) is 13.9 Å². The SMILES string of the molecule is C=CCNC(=O)c1cc2ccc(OC(=O)COc3c(C)cccc3C)cc2oc1=O. The van der Waals surface area contributed by atoms with Crippen molar-refractivity contribution in [2.75, 3.05) is 13.2 Å². The third kappa shape index (κ3) is 4.75. The largest absolute Gasteiger partial charge is 0.481 e. The summed E-state index contributed by atoms with van der Waals surface area (Å²) in [4.78, 5) is 36.3. The molecule has 0 unspecified atom stereocenters. The quantitative estimate of drug-likeness (QED) is 0.279. The summed E-state index contributed by atoms with van der Waals surface area (Å²) in [6, 6.07) is 11.7. The van der Waals surface area contributed by atoms with Crippen LogP contribution in [0.25, 0.3) is 11.0 Å². The fourth-order valence-corrected chi connectivity index (χ4v) is 2.89. The normalized spacial score (nSPS) is 10.5. The summed E-state index contributed by atoms with van der Waals surface area (Å²) in [5.41, 5.74) is 1.13. The molecule has 154 valence electrons. The fraction of sp³-hybridized carbons (Fsp3) is 0.174. The van der Waals surface area contributed by atoms with Gasteiger partial charge in [0.2, 0.25) is 0 Å². The van der Waals surface area contributed by atoms with Crippen LogP contribution in [0.5, 0.6) is 11.5 Å². The Morgan fingerprint density at radius 2 is 1.87 bits per heavy atom. The van der Waals surface area contributed by atoms with E-state index >= 15 is 0 Å². The number of esters is 1. The molecule has 0 aliphatic heterocycles. The maximum absolute atomic E-state index is 12.2.